The van der Waals surface area contributed by atoms with Crippen LogP contribution in [0.3, 0.4) is 0 Å². The molecule has 0 aliphatic carbocycles. The Labute approximate surface area is 504 Å². The SMILES string of the molecule is CCCCC/C=C/CC/C=C/C(O)C(COC1OC(CO)C(O)C(O)C1O)NC(=O)CCCCCCCCCCCCCC/C=C\CCCCCCCCCCCCCCOC(=O)CCCCCCCCCCCCCCCCCCC. The van der Waals surface area contributed by atoms with Crippen LogP contribution < -0.4 is 5.32 Å². The Bertz CT molecular complexity index is 1460. The molecule has 1 heterocycles. The lowest BCUT2D eigenvalue weighted by Crippen LogP contribution is -2.60. The number of rotatable bonds is 62. The fourth-order valence-electron chi connectivity index (χ4n) is 11.2. The predicted octanol–water partition coefficient (Wildman–Crippen LogP) is 17.8. The summed E-state index contributed by atoms with van der Waals surface area (Å²) in [4.78, 5) is 25.1. The molecule has 0 aromatic carbocycles. The van der Waals surface area contributed by atoms with Gasteiger partial charge in [-0.3, -0.25) is 9.59 Å². The molecule has 1 saturated heterocycles. The molecule has 1 amide bonds. The first-order valence-corrected chi connectivity index (χ1v) is 35.3. The number of carbonyl (C=O) groups excluding carboxylic acids is 2. The van der Waals surface area contributed by atoms with Gasteiger partial charge in [-0.05, 0) is 70.6 Å². The van der Waals surface area contributed by atoms with Gasteiger partial charge in [-0.1, -0.05) is 294 Å². The lowest BCUT2D eigenvalue weighted by molar-refractivity contribution is -0.302. The van der Waals surface area contributed by atoms with Gasteiger partial charge >= 0.3 is 5.97 Å². The summed E-state index contributed by atoms with van der Waals surface area (Å²) in [6, 6.07) is -0.826. The average Bonchev–Trinajstić information content (AvgIpc) is 3.47. The number of esters is 1. The van der Waals surface area contributed by atoms with Crippen molar-refractivity contribution in [3.8, 4) is 0 Å². The van der Waals surface area contributed by atoms with Gasteiger partial charge in [0.05, 0.1) is 32.0 Å². The quantitative estimate of drug-likeness (QED) is 0.0195. The zero-order valence-electron chi connectivity index (χ0n) is 53.5. The van der Waals surface area contributed by atoms with Crippen LogP contribution >= 0.6 is 0 Å². The highest BCUT2D eigenvalue weighted by Gasteiger charge is 2.44. The number of hydrogen-bond donors (Lipinski definition) is 6. The maximum atomic E-state index is 13.0. The highest BCUT2D eigenvalue weighted by molar-refractivity contribution is 5.76. The predicted molar refractivity (Wildman–Crippen MR) is 343 cm³/mol. The first-order chi connectivity index (χ1) is 40.2. The second kappa shape index (κ2) is 60.6. The molecule has 11 nitrogen and oxygen atoms in total. The van der Waals surface area contributed by atoms with Gasteiger partial charge in [0.1, 0.15) is 24.4 Å². The number of nitrogens with one attached hydrogen (secondary N) is 1. The van der Waals surface area contributed by atoms with Crippen molar-refractivity contribution in [2.75, 3.05) is 19.8 Å². The molecule has 0 spiro atoms. The third-order valence-corrected chi connectivity index (χ3v) is 16.7. The molecule has 11 heteroatoms. The minimum absolute atomic E-state index is 0.0106. The van der Waals surface area contributed by atoms with Crippen molar-refractivity contribution in [2.24, 2.45) is 0 Å². The molecule has 1 aliphatic heterocycles. The Morgan fingerprint density at radius 3 is 1.23 bits per heavy atom. The van der Waals surface area contributed by atoms with E-state index in [1.54, 1.807) is 6.08 Å². The molecule has 82 heavy (non-hydrogen) atoms. The maximum absolute atomic E-state index is 13.0. The number of unbranched alkanes of at least 4 members (excludes halogenated alkanes) is 44. The Morgan fingerprint density at radius 2 is 0.793 bits per heavy atom. The number of carbonyl (C=O) groups is 2. The van der Waals surface area contributed by atoms with Gasteiger partial charge in [0.2, 0.25) is 5.91 Å². The molecule has 7 unspecified atom stereocenters. The molecule has 0 saturated carbocycles. The molecule has 1 aliphatic rings. The van der Waals surface area contributed by atoms with Crippen molar-refractivity contribution in [3.63, 3.8) is 0 Å². The largest absolute Gasteiger partial charge is 0.466 e. The Morgan fingerprint density at radius 1 is 0.439 bits per heavy atom. The van der Waals surface area contributed by atoms with Crippen molar-refractivity contribution in [1.82, 2.24) is 5.32 Å². The van der Waals surface area contributed by atoms with Crippen LogP contribution in [0.5, 0.6) is 0 Å². The van der Waals surface area contributed by atoms with E-state index < -0.39 is 49.5 Å². The maximum Gasteiger partial charge on any atom is 0.305 e. The third kappa shape index (κ3) is 49.0. The second-order valence-corrected chi connectivity index (χ2v) is 24.6. The van der Waals surface area contributed by atoms with Crippen LogP contribution in [0.4, 0.5) is 0 Å². The molecule has 482 valence electrons. The van der Waals surface area contributed by atoms with Gasteiger partial charge in [0, 0.05) is 12.8 Å². The summed E-state index contributed by atoms with van der Waals surface area (Å²) in [5.41, 5.74) is 0. The summed E-state index contributed by atoms with van der Waals surface area (Å²) >= 11 is 0. The Kier molecular flexibility index (Phi) is 57.5. The van der Waals surface area contributed by atoms with Crippen LogP contribution in [-0.4, -0.2) is 100 Å². The van der Waals surface area contributed by atoms with Crippen LogP contribution in [0.2, 0.25) is 0 Å². The van der Waals surface area contributed by atoms with E-state index in [9.17, 15) is 35.1 Å². The molecule has 1 rings (SSSR count). The lowest BCUT2D eigenvalue weighted by Gasteiger charge is -2.40. The summed E-state index contributed by atoms with van der Waals surface area (Å²) < 4.78 is 16.7. The number of allylic oxidation sites excluding steroid dienone is 5. The fraction of sp³-hybridized carbons (Fsp3) is 0.887. The van der Waals surface area contributed by atoms with Gasteiger partial charge in [0.25, 0.3) is 0 Å². The smallest absolute Gasteiger partial charge is 0.305 e. The minimum Gasteiger partial charge on any atom is -0.466 e. The molecule has 0 aromatic heterocycles. The molecular weight excluding hydrogens is 1030 g/mol. The van der Waals surface area contributed by atoms with Gasteiger partial charge in [0.15, 0.2) is 6.29 Å². The Hall–Kier alpha value is -2.12. The number of amides is 1. The standard InChI is InChI=1S/C71H133NO10/c1-3-5-7-9-11-13-14-15-16-29-33-36-39-43-47-51-55-59-67(76)80-60-56-52-48-44-40-37-34-31-28-26-24-22-20-18-17-19-21-23-25-27-30-32-35-38-42-46-50-54-58-66(75)72-63(64(74)57-53-49-45-41-12-10-8-6-4-2)62-81-71-70(79)69(78)68(77)65(61-73)82-71/h12,17-18,41,53,57,63-65,68-71,73-74,77-79H,3-11,13-16,19-40,42-52,54-56,58-62H2,1-2H3,(H,72,75)/b18-17-,41-12+,57-53+. The van der Waals surface area contributed by atoms with Gasteiger partial charge in [-0.2, -0.15) is 0 Å². The number of hydrogen-bond acceptors (Lipinski definition) is 10. The zero-order valence-corrected chi connectivity index (χ0v) is 53.5. The van der Waals surface area contributed by atoms with E-state index >= 15 is 0 Å². The molecule has 7 atom stereocenters. The van der Waals surface area contributed by atoms with Crippen molar-refractivity contribution in [1.29, 1.82) is 0 Å². The first kappa shape index (κ1) is 77.9. The van der Waals surface area contributed by atoms with Crippen molar-refractivity contribution in [3.05, 3.63) is 36.5 Å². The number of ether oxygens (including phenoxy) is 3. The van der Waals surface area contributed by atoms with E-state index in [0.29, 0.717) is 19.4 Å². The second-order valence-electron chi connectivity index (χ2n) is 24.6. The van der Waals surface area contributed by atoms with Crippen LogP contribution in [-0.2, 0) is 23.8 Å². The summed E-state index contributed by atoms with van der Waals surface area (Å²) in [5.74, 6) is -0.183. The van der Waals surface area contributed by atoms with Crippen LogP contribution in [0.1, 0.15) is 341 Å². The van der Waals surface area contributed by atoms with Crippen LogP contribution in [0.15, 0.2) is 36.5 Å². The molecule has 0 radical (unpaired) electrons. The Balaban J connectivity index is 1.91. The van der Waals surface area contributed by atoms with Crippen LogP contribution in [0.25, 0.3) is 0 Å². The zero-order chi connectivity index (χ0) is 59.5. The third-order valence-electron chi connectivity index (χ3n) is 16.7. The highest BCUT2D eigenvalue weighted by atomic mass is 16.7. The minimum atomic E-state index is -1.58. The normalized spacial score (nSPS) is 18.4. The number of aliphatic hydroxyl groups excluding tert-OH is 5. The van der Waals surface area contributed by atoms with E-state index in [2.05, 4.69) is 43.5 Å². The monoisotopic (exact) mass is 1160 g/mol. The van der Waals surface area contributed by atoms with Gasteiger partial charge < -0.3 is 45.1 Å². The van der Waals surface area contributed by atoms with Crippen LogP contribution in [0, 0.1) is 0 Å². The average molecular weight is 1160 g/mol. The van der Waals surface area contributed by atoms with Gasteiger partial charge in [-0.25, -0.2) is 0 Å². The van der Waals surface area contributed by atoms with E-state index in [-0.39, 0.29) is 18.5 Å². The summed E-state index contributed by atoms with van der Waals surface area (Å²) in [6.45, 7) is 4.31. The van der Waals surface area contributed by atoms with E-state index in [0.717, 1.165) is 51.4 Å². The molecule has 1 fully saturated rings. The molecule has 6 N–H and O–H groups in total. The molecule has 0 bridgehead atoms. The fourth-order valence-corrected chi connectivity index (χ4v) is 11.2. The molecule has 0 aromatic rings. The van der Waals surface area contributed by atoms with Crippen molar-refractivity contribution < 1.29 is 49.3 Å². The summed E-state index contributed by atoms with van der Waals surface area (Å²) in [5, 5.41) is 54.2. The topological polar surface area (TPSA) is 175 Å². The lowest BCUT2D eigenvalue weighted by atomic mass is 9.99. The summed E-state index contributed by atoms with van der Waals surface area (Å²) in [7, 11) is 0. The van der Waals surface area contributed by atoms with E-state index in [1.165, 1.54) is 263 Å². The summed E-state index contributed by atoms with van der Waals surface area (Å²) in [6.07, 6.45) is 67.3. The first-order valence-electron chi connectivity index (χ1n) is 35.3. The number of aliphatic hydroxyl groups is 5. The molecular formula is C71H133NO10. The highest BCUT2D eigenvalue weighted by Crippen LogP contribution is 2.23. The van der Waals surface area contributed by atoms with Crippen molar-refractivity contribution in [2.45, 2.75) is 384 Å². The van der Waals surface area contributed by atoms with Crippen molar-refractivity contribution >= 4 is 11.9 Å². The van der Waals surface area contributed by atoms with Gasteiger partial charge in [-0.15, -0.1) is 0 Å². The van der Waals surface area contributed by atoms with E-state index in [1.807, 2.05) is 6.08 Å². The van der Waals surface area contributed by atoms with E-state index in [4.69, 9.17) is 14.2 Å².